The average Bonchev–Trinajstić information content (AvgIpc) is 2.75. The summed E-state index contributed by atoms with van der Waals surface area (Å²) in [4.78, 5) is 29.1. The van der Waals surface area contributed by atoms with Crippen molar-refractivity contribution in [3.05, 3.63) is 93.0 Å². The Labute approximate surface area is 186 Å². The van der Waals surface area contributed by atoms with Crippen LogP contribution in [0.4, 0.5) is 5.82 Å². The lowest BCUT2D eigenvalue weighted by atomic mass is 10.1. The Kier molecular flexibility index (Phi) is 7.81. The van der Waals surface area contributed by atoms with Crippen LogP contribution in [0.2, 0.25) is 5.02 Å². The zero-order valence-corrected chi connectivity index (χ0v) is 18.1. The van der Waals surface area contributed by atoms with Crippen molar-refractivity contribution in [3.8, 4) is 0 Å². The zero-order chi connectivity index (χ0) is 22.2. The molecule has 0 aliphatic rings. The van der Waals surface area contributed by atoms with Crippen LogP contribution in [0.3, 0.4) is 0 Å². The van der Waals surface area contributed by atoms with Gasteiger partial charge in [-0.05, 0) is 30.2 Å². The highest BCUT2D eigenvalue weighted by Gasteiger charge is 2.19. The van der Waals surface area contributed by atoms with Crippen molar-refractivity contribution in [1.29, 1.82) is 0 Å². The van der Waals surface area contributed by atoms with E-state index in [-0.39, 0.29) is 11.4 Å². The molecule has 1 heterocycles. The summed E-state index contributed by atoms with van der Waals surface area (Å²) in [6, 6.07) is 16.4. The number of amides is 1. The Morgan fingerprint density at radius 2 is 1.90 bits per heavy atom. The molecule has 1 unspecified atom stereocenters. The summed E-state index contributed by atoms with van der Waals surface area (Å²) in [6.45, 7) is 3.51. The number of primary amides is 1. The second-order valence-corrected chi connectivity index (χ2v) is 7.74. The van der Waals surface area contributed by atoms with Crippen molar-refractivity contribution in [2.75, 3.05) is 11.9 Å². The number of aryl methyl sites for hydroxylation is 1. The van der Waals surface area contributed by atoms with Crippen LogP contribution in [0.25, 0.3) is 0 Å². The quantitative estimate of drug-likeness (QED) is 0.421. The molecule has 31 heavy (non-hydrogen) atoms. The Hall–Kier alpha value is -3.16. The van der Waals surface area contributed by atoms with Crippen molar-refractivity contribution in [2.45, 2.75) is 32.5 Å². The van der Waals surface area contributed by atoms with E-state index < -0.39 is 11.9 Å². The molecule has 0 aliphatic heterocycles. The first-order chi connectivity index (χ1) is 14.9. The predicted octanol–water partition coefficient (Wildman–Crippen LogP) is 2.50. The number of rotatable bonds is 10. The van der Waals surface area contributed by atoms with Crippen molar-refractivity contribution < 1.29 is 4.79 Å². The number of nitrogens with one attached hydrogen (secondary N) is 2. The Morgan fingerprint density at radius 1 is 1.16 bits per heavy atom. The molecule has 1 atom stereocenters. The van der Waals surface area contributed by atoms with Crippen LogP contribution in [0.1, 0.15) is 16.8 Å². The van der Waals surface area contributed by atoms with Crippen LogP contribution in [-0.2, 0) is 24.3 Å². The second kappa shape index (κ2) is 10.7. The third-order valence-corrected chi connectivity index (χ3v) is 5.16. The van der Waals surface area contributed by atoms with E-state index in [9.17, 15) is 9.59 Å². The van der Waals surface area contributed by atoms with Gasteiger partial charge in [-0.3, -0.25) is 9.59 Å². The van der Waals surface area contributed by atoms with E-state index in [0.717, 1.165) is 16.8 Å². The molecule has 0 saturated heterocycles. The van der Waals surface area contributed by atoms with Gasteiger partial charge in [-0.2, -0.15) is 0 Å². The van der Waals surface area contributed by atoms with Gasteiger partial charge in [0.15, 0.2) is 5.82 Å². The third-order valence-electron chi connectivity index (χ3n) is 4.92. The molecular formula is C23H26ClN5O2. The zero-order valence-electron chi connectivity index (χ0n) is 17.3. The van der Waals surface area contributed by atoms with Gasteiger partial charge in [-0.15, -0.1) is 0 Å². The minimum atomic E-state index is -0.736. The number of anilines is 1. The molecule has 7 nitrogen and oxygen atoms in total. The molecule has 0 spiro atoms. The molecular weight excluding hydrogens is 414 g/mol. The van der Waals surface area contributed by atoms with Crippen molar-refractivity contribution in [3.63, 3.8) is 0 Å². The van der Waals surface area contributed by atoms with E-state index in [2.05, 4.69) is 15.6 Å². The molecule has 8 heteroatoms. The summed E-state index contributed by atoms with van der Waals surface area (Å²) >= 11 is 6.01. The van der Waals surface area contributed by atoms with E-state index in [0.29, 0.717) is 31.1 Å². The lowest BCUT2D eigenvalue weighted by Crippen LogP contribution is -2.40. The summed E-state index contributed by atoms with van der Waals surface area (Å²) in [5.74, 6) is -0.430. The van der Waals surface area contributed by atoms with E-state index in [1.54, 1.807) is 10.8 Å². The fourth-order valence-electron chi connectivity index (χ4n) is 3.26. The normalized spacial score (nSPS) is 11.8. The van der Waals surface area contributed by atoms with Gasteiger partial charge in [-0.25, -0.2) is 4.98 Å². The number of carbonyl (C=O) groups is 1. The van der Waals surface area contributed by atoms with Gasteiger partial charge in [0.05, 0.1) is 0 Å². The summed E-state index contributed by atoms with van der Waals surface area (Å²) in [5, 5.41) is 6.93. The maximum Gasteiger partial charge on any atom is 0.293 e. The number of halogens is 1. The number of hydrogen-bond acceptors (Lipinski definition) is 5. The van der Waals surface area contributed by atoms with Gasteiger partial charge in [0.25, 0.3) is 5.56 Å². The number of benzene rings is 2. The molecule has 0 aliphatic carbocycles. The van der Waals surface area contributed by atoms with E-state index >= 15 is 0 Å². The maximum atomic E-state index is 12.9. The second-order valence-electron chi connectivity index (χ2n) is 7.30. The van der Waals surface area contributed by atoms with Gasteiger partial charge in [-0.1, -0.05) is 54.1 Å². The summed E-state index contributed by atoms with van der Waals surface area (Å²) in [6.07, 6.45) is 1.98. The van der Waals surface area contributed by atoms with Gasteiger partial charge in [0.2, 0.25) is 5.91 Å². The van der Waals surface area contributed by atoms with Crippen molar-refractivity contribution >= 4 is 23.3 Å². The van der Waals surface area contributed by atoms with Crippen LogP contribution < -0.4 is 21.9 Å². The lowest BCUT2D eigenvalue weighted by molar-refractivity contribution is -0.118. The predicted molar refractivity (Wildman–Crippen MR) is 123 cm³/mol. The van der Waals surface area contributed by atoms with Crippen LogP contribution >= 0.6 is 11.6 Å². The number of hydrogen-bond donors (Lipinski definition) is 3. The number of aromatic nitrogens is 2. The largest absolute Gasteiger partial charge is 0.368 e. The highest BCUT2D eigenvalue weighted by atomic mass is 35.5. The van der Waals surface area contributed by atoms with Crippen LogP contribution in [-0.4, -0.2) is 28.0 Å². The molecule has 3 rings (SSSR count). The standard InChI is InChI=1S/C23H26ClN5O2/c1-16-14-27-22(28-20(21(25)30)13-17-6-3-2-4-7-17)23(31)29(16)11-10-26-15-18-8-5-9-19(24)12-18/h2-9,12,14,20,26H,10-11,13,15H2,1H3,(H2,25,30)(H,27,28). The van der Waals surface area contributed by atoms with Crippen LogP contribution in [0.5, 0.6) is 0 Å². The summed E-state index contributed by atoms with van der Waals surface area (Å²) in [7, 11) is 0. The van der Waals surface area contributed by atoms with Gasteiger partial charge in [0.1, 0.15) is 6.04 Å². The Balaban J connectivity index is 1.66. The van der Waals surface area contributed by atoms with Crippen molar-refractivity contribution in [2.24, 2.45) is 5.73 Å². The molecule has 0 bridgehead atoms. The molecule has 1 aromatic heterocycles. The number of carbonyl (C=O) groups excluding carboxylic acids is 1. The minimum Gasteiger partial charge on any atom is -0.368 e. The molecule has 4 N–H and O–H groups in total. The van der Waals surface area contributed by atoms with E-state index in [1.165, 1.54) is 0 Å². The average molecular weight is 440 g/mol. The number of nitrogens with zero attached hydrogens (tertiary/aromatic N) is 2. The van der Waals surface area contributed by atoms with E-state index in [4.69, 9.17) is 17.3 Å². The fraction of sp³-hybridized carbons (Fsp3) is 0.261. The first kappa shape index (κ1) is 22.5. The molecule has 0 fully saturated rings. The fourth-order valence-corrected chi connectivity index (χ4v) is 3.47. The minimum absolute atomic E-state index is 0.111. The molecule has 2 aromatic carbocycles. The highest BCUT2D eigenvalue weighted by molar-refractivity contribution is 6.30. The smallest absolute Gasteiger partial charge is 0.293 e. The Morgan fingerprint density at radius 3 is 2.61 bits per heavy atom. The molecule has 0 radical (unpaired) electrons. The number of nitrogens with two attached hydrogens (primary N) is 1. The van der Waals surface area contributed by atoms with Crippen LogP contribution in [0.15, 0.2) is 65.6 Å². The van der Waals surface area contributed by atoms with Gasteiger partial charge >= 0.3 is 0 Å². The van der Waals surface area contributed by atoms with Crippen molar-refractivity contribution in [1.82, 2.24) is 14.9 Å². The first-order valence-corrected chi connectivity index (χ1v) is 10.4. The first-order valence-electron chi connectivity index (χ1n) is 10.1. The van der Waals surface area contributed by atoms with E-state index in [1.807, 2.05) is 61.5 Å². The summed E-state index contributed by atoms with van der Waals surface area (Å²) in [5.41, 5.74) is 8.01. The van der Waals surface area contributed by atoms with Crippen LogP contribution in [0, 0.1) is 6.92 Å². The molecule has 0 saturated carbocycles. The summed E-state index contributed by atoms with van der Waals surface area (Å²) < 4.78 is 1.63. The molecule has 1 amide bonds. The highest BCUT2D eigenvalue weighted by Crippen LogP contribution is 2.10. The molecule has 162 valence electrons. The molecule has 3 aromatic rings. The van der Waals surface area contributed by atoms with Gasteiger partial charge in [0, 0.05) is 43.0 Å². The monoisotopic (exact) mass is 439 g/mol. The SMILES string of the molecule is Cc1cnc(NC(Cc2ccccc2)C(N)=O)c(=O)n1CCNCc1cccc(Cl)c1. The third kappa shape index (κ3) is 6.41. The van der Waals surface area contributed by atoms with Gasteiger partial charge < -0.3 is 20.9 Å². The topological polar surface area (TPSA) is 102 Å². The maximum absolute atomic E-state index is 12.9. The lowest BCUT2D eigenvalue weighted by Gasteiger charge is -2.18. The Bertz CT molecular complexity index is 1080.